The molecule has 2 aromatic rings. The zero-order valence-corrected chi connectivity index (χ0v) is 14.0. The minimum absolute atomic E-state index is 0.193. The summed E-state index contributed by atoms with van der Waals surface area (Å²) in [4.78, 5) is 12.4. The van der Waals surface area contributed by atoms with Crippen molar-refractivity contribution in [3.05, 3.63) is 59.1 Å². The van der Waals surface area contributed by atoms with Crippen LogP contribution in [0.4, 0.5) is 5.69 Å². The van der Waals surface area contributed by atoms with Crippen LogP contribution in [-0.2, 0) is 16.1 Å². The maximum Gasteiger partial charge on any atom is 0.265 e. The topological polar surface area (TPSA) is 47.6 Å². The molecule has 0 aromatic heterocycles. The number of benzene rings is 2. The van der Waals surface area contributed by atoms with Crippen molar-refractivity contribution in [3.8, 4) is 5.75 Å². The number of nitrogens with one attached hydrogen (secondary N) is 1. The summed E-state index contributed by atoms with van der Waals surface area (Å²) < 4.78 is 10.8. The summed E-state index contributed by atoms with van der Waals surface area (Å²) >= 11 is 5.94. The van der Waals surface area contributed by atoms with E-state index in [1.54, 1.807) is 31.4 Å². The van der Waals surface area contributed by atoms with Crippen LogP contribution < -0.4 is 10.1 Å². The largest absolute Gasteiger partial charge is 0.481 e. The quantitative estimate of drug-likeness (QED) is 0.822. The van der Waals surface area contributed by atoms with Gasteiger partial charge in [-0.05, 0) is 42.3 Å². The van der Waals surface area contributed by atoms with E-state index in [1.165, 1.54) is 0 Å². The third-order valence-corrected chi connectivity index (χ3v) is 3.48. The van der Waals surface area contributed by atoms with Gasteiger partial charge in [-0.15, -0.1) is 0 Å². The molecule has 0 fully saturated rings. The Morgan fingerprint density at radius 3 is 2.70 bits per heavy atom. The molecule has 1 atom stereocenters. The molecule has 0 aliphatic carbocycles. The molecular weight excluding hydrogens is 314 g/mol. The predicted molar refractivity (Wildman–Crippen MR) is 91.9 cm³/mol. The van der Waals surface area contributed by atoms with Gasteiger partial charge in [0.25, 0.3) is 5.91 Å². The van der Waals surface area contributed by atoms with Gasteiger partial charge in [-0.3, -0.25) is 4.79 Å². The number of hydrogen-bond donors (Lipinski definition) is 1. The van der Waals surface area contributed by atoms with Crippen LogP contribution in [0.3, 0.4) is 0 Å². The monoisotopic (exact) mass is 333 g/mol. The normalized spacial score (nSPS) is 11.8. The van der Waals surface area contributed by atoms with Gasteiger partial charge in [-0.1, -0.05) is 36.7 Å². The molecule has 0 saturated carbocycles. The lowest BCUT2D eigenvalue weighted by molar-refractivity contribution is -0.122. The molecular formula is C18H20ClNO3. The second-order valence-electron chi connectivity index (χ2n) is 5.09. The van der Waals surface area contributed by atoms with Gasteiger partial charge < -0.3 is 14.8 Å². The highest BCUT2D eigenvalue weighted by Crippen LogP contribution is 2.20. The van der Waals surface area contributed by atoms with E-state index in [1.807, 2.05) is 31.2 Å². The van der Waals surface area contributed by atoms with E-state index in [-0.39, 0.29) is 5.91 Å². The van der Waals surface area contributed by atoms with Crippen LogP contribution in [0.2, 0.25) is 5.02 Å². The van der Waals surface area contributed by atoms with Crippen LogP contribution in [0, 0.1) is 0 Å². The first kappa shape index (κ1) is 17.3. The Balaban J connectivity index is 2.03. The summed E-state index contributed by atoms with van der Waals surface area (Å²) in [6.45, 7) is 2.40. The number of amides is 1. The van der Waals surface area contributed by atoms with Crippen LogP contribution >= 0.6 is 11.6 Å². The summed E-state index contributed by atoms with van der Waals surface area (Å²) in [6, 6.07) is 14.6. The standard InChI is InChI=1S/C18H20ClNO3/c1-3-17(23-16-9-5-7-14(19)11-16)18(21)20-15-8-4-6-13(10-15)12-22-2/h4-11,17H,3,12H2,1-2H3,(H,20,21). The lowest BCUT2D eigenvalue weighted by atomic mass is 10.2. The van der Waals surface area contributed by atoms with Crippen molar-refractivity contribution < 1.29 is 14.3 Å². The lowest BCUT2D eigenvalue weighted by Crippen LogP contribution is -2.32. The summed E-state index contributed by atoms with van der Waals surface area (Å²) in [5, 5.41) is 3.45. The first-order valence-electron chi connectivity index (χ1n) is 7.43. The summed E-state index contributed by atoms with van der Waals surface area (Å²) in [7, 11) is 1.64. The molecule has 1 unspecified atom stereocenters. The van der Waals surface area contributed by atoms with Gasteiger partial charge in [0.15, 0.2) is 6.10 Å². The number of halogens is 1. The minimum atomic E-state index is -0.584. The lowest BCUT2D eigenvalue weighted by Gasteiger charge is -2.17. The number of methoxy groups -OCH3 is 1. The Labute approximate surface area is 141 Å². The molecule has 0 aliphatic rings. The van der Waals surface area contributed by atoms with Gasteiger partial charge in [-0.25, -0.2) is 0 Å². The molecule has 1 amide bonds. The van der Waals surface area contributed by atoms with Crippen molar-refractivity contribution in [1.29, 1.82) is 0 Å². The van der Waals surface area contributed by atoms with Crippen molar-refractivity contribution in [2.45, 2.75) is 26.1 Å². The molecule has 0 saturated heterocycles. The zero-order valence-electron chi connectivity index (χ0n) is 13.2. The number of carbonyl (C=O) groups excluding carboxylic acids is 1. The highest BCUT2D eigenvalue weighted by atomic mass is 35.5. The van der Waals surface area contributed by atoms with Crippen molar-refractivity contribution >= 4 is 23.2 Å². The average molecular weight is 334 g/mol. The van der Waals surface area contributed by atoms with E-state index in [0.29, 0.717) is 23.8 Å². The second kappa shape index (κ2) is 8.56. The van der Waals surface area contributed by atoms with Gasteiger partial charge in [0.1, 0.15) is 5.75 Å². The molecule has 0 bridgehead atoms. The fourth-order valence-electron chi connectivity index (χ4n) is 2.16. The average Bonchev–Trinajstić information content (AvgIpc) is 2.53. The Morgan fingerprint density at radius 1 is 1.22 bits per heavy atom. The Hall–Kier alpha value is -2.04. The van der Waals surface area contributed by atoms with Gasteiger partial charge in [-0.2, -0.15) is 0 Å². The Morgan fingerprint density at radius 2 is 2.00 bits per heavy atom. The highest BCUT2D eigenvalue weighted by Gasteiger charge is 2.18. The van der Waals surface area contributed by atoms with E-state index >= 15 is 0 Å². The third-order valence-electron chi connectivity index (χ3n) is 3.24. The number of carbonyl (C=O) groups is 1. The SMILES string of the molecule is CCC(Oc1cccc(Cl)c1)C(=O)Nc1cccc(COC)c1. The molecule has 1 N–H and O–H groups in total. The zero-order chi connectivity index (χ0) is 16.7. The smallest absolute Gasteiger partial charge is 0.265 e. The van der Waals surface area contributed by atoms with Crippen molar-refractivity contribution in [1.82, 2.24) is 0 Å². The predicted octanol–water partition coefficient (Wildman–Crippen LogP) is 4.28. The minimum Gasteiger partial charge on any atom is -0.481 e. The van der Waals surface area contributed by atoms with Crippen LogP contribution in [0.1, 0.15) is 18.9 Å². The first-order valence-corrected chi connectivity index (χ1v) is 7.81. The fourth-order valence-corrected chi connectivity index (χ4v) is 2.34. The number of rotatable bonds is 7. The van der Waals surface area contributed by atoms with Crippen molar-refractivity contribution in [2.24, 2.45) is 0 Å². The molecule has 4 nitrogen and oxygen atoms in total. The van der Waals surface area contributed by atoms with Crippen LogP contribution in [-0.4, -0.2) is 19.1 Å². The molecule has 23 heavy (non-hydrogen) atoms. The molecule has 0 heterocycles. The number of ether oxygens (including phenoxy) is 2. The summed E-state index contributed by atoms with van der Waals surface area (Å²) in [6.07, 6.45) is -0.0321. The number of hydrogen-bond acceptors (Lipinski definition) is 3. The molecule has 122 valence electrons. The second-order valence-corrected chi connectivity index (χ2v) is 5.53. The molecule has 5 heteroatoms. The Bertz CT molecular complexity index is 660. The van der Waals surface area contributed by atoms with E-state index in [4.69, 9.17) is 21.1 Å². The fraction of sp³-hybridized carbons (Fsp3) is 0.278. The van der Waals surface area contributed by atoms with E-state index < -0.39 is 6.10 Å². The van der Waals surface area contributed by atoms with Gasteiger partial charge in [0.2, 0.25) is 0 Å². The summed E-state index contributed by atoms with van der Waals surface area (Å²) in [5.74, 6) is 0.384. The molecule has 2 rings (SSSR count). The van der Waals surface area contributed by atoms with Gasteiger partial charge in [0.05, 0.1) is 6.61 Å². The van der Waals surface area contributed by atoms with E-state index in [9.17, 15) is 4.79 Å². The van der Waals surface area contributed by atoms with Gasteiger partial charge >= 0.3 is 0 Å². The van der Waals surface area contributed by atoms with Crippen LogP contribution in [0.15, 0.2) is 48.5 Å². The van der Waals surface area contributed by atoms with E-state index in [0.717, 1.165) is 11.3 Å². The maximum atomic E-state index is 12.4. The van der Waals surface area contributed by atoms with Crippen molar-refractivity contribution in [2.75, 3.05) is 12.4 Å². The molecule has 0 spiro atoms. The Kier molecular flexibility index (Phi) is 6.44. The highest BCUT2D eigenvalue weighted by molar-refractivity contribution is 6.30. The molecule has 0 aliphatic heterocycles. The van der Waals surface area contributed by atoms with Crippen LogP contribution in [0.5, 0.6) is 5.75 Å². The molecule has 2 aromatic carbocycles. The molecule has 0 radical (unpaired) electrons. The first-order chi connectivity index (χ1) is 11.1. The third kappa shape index (κ3) is 5.27. The van der Waals surface area contributed by atoms with E-state index in [2.05, 4.69) is 5.32 Å². The number of anilines is 1. The maximum absolute atomic E-state index is 12.4. The summed E-state index contributed by atoms with van der Waals surface area (Å²) in [5.41, 5.74) is 1.71. The van der Waals surface area contributed by atoms with Crippen molar-refractivity contribution in [3.63, 3.8) is 0 Å². The van der Waals surface area contributed by atoms with Crippen LogP contribution in [0.25, 0.3) is 0 Å². The van der Waals surface area contributed by atoms with Gasteiger partial charge in [0, 0.05) is 17.8 Å².